The van der Waals surface area contributed by atoms with Crippen molar-refractivity contribution in [3.63, 3.8) is 0 Å². The first-order valence-corrected chi connectivity index (χ1v) is 11.1. The van der Waals surface area contributed by atoms with Crippen LogP contribution in [-0.2, 0) is 14.8 Å². The first kappa shape index (κ1) is 22.5. The molecule has 0 heterocycles. The topological polar surface area (TPSA) is 110 Å². The van der Waals surface area contributed by atoms with Gasteiger partial charge in [-0.3, -0.25) is 9.59 Å². The van der Waals surface area contributed by atoms with E-state index in [4.69, 9.17) is 28.3 Å². The number of nitrogens with two attached hydrogens (primary N) is 1. The first-order chi connectivity index (χ1) is 13.0. The maximum Gasteiger partial charge on any atom is 0.286 e. The molecular formula is C17H17Cl2N3O4S2. The third-order valence-corrected chi connectivity index (χ3v) is 6.30. The molecule has 0 aliphatic rings. The smallest absolute Gasteiger partial charge is 0.286 e. The Morgan fingerprint density at radius 1 is 1.18 bits per heavy atom. The summed E-state index contributed by atoms with van der Waals surface area (Å²) in [5.41, 5.74) is 1.62. The van der Waals surface area contributed by atoms with Crippen LogP contribution in [0, 0.1) is 6.92 Å². The second-order valence-corrected chi connectivity index (χ2v) is 9.03. The molecule has 0 unspecified atom stereocenters. The fourth-order valence-corrected chi connectivity index (χ4v) is 3.86. The van der Waals surface area contributed by atoms with Gasteiger partial charge in [0.15, 0.2) is 0 Å². The number of thioether (sulfide) groups is 1. The molecule has 2 amide bonds. The number of carbonyl (C=O) groups is 2. The van der Waals surface area contributed by atoms with Crippen molar-refractivity contribution in [1.29, 1.82) is 0 Å². The lowest BCUT2D eigenvalue weighted by Crippen LogP contribution is -2.25. The molecule has 11 heteroatoms. The molecule has 0 spiro atoms. The summed E-state index contributed by atoms with van der Waals surface area (Å²) in [7, 11) is -2.30. The molecule has 28 heavy (non-hydrogen) atoms. The number of amides is 2. The van der Waals surface area contributed by atoms with Crippen LogP contribution in [0.1, 0.15) is 5.56 Å². The van der Waals surface area contributed by atoms with E-state index in [0.29, 0.717) is 10.7 Å². The second-order valence-electron chi connectivity index (χ2n) is 5.73. The van der Waals surface area contributed by atoms with Gasteiger partial charge in [-0.25, -0.2) is 13.6 Å². The number of hydrogen-bond acceptors (Lipinski definition) is 5. The average molecular weight is 462 g/mol. The van der Waals surface area contributed by atoms with Gasteiger partial charge in [-0.2, -0.15) is 0 Å². The summed E-state index contributed by atoms with van der Waals surface area (Å²) in [6, 6.07) is 8.91. The van der Waals surface area contributed by atoms with Gasteiger partial charge >= 0.3 is 0 Å². The van der Waals surface area contributed by atoms with E-state index in [0.717, 1.165) is 23.4 Å². The Morgan fingerprint density at radius 2 is 1.86 bits per heavy atom. The van der Waals surface area contributed by atoms with Gasteiger partial charge in [0.25, 0.3) is 5.24 Å². The average Bonchev–Trinajstić information content (AvgIpc) is 2.62. The first-order valence-electron chi connectivity index (χ1n) is 7.78. The van der Waals surface area contributed by atoms with Crippen molar-refractivity contribution < 1.29 is 18.0 Å². The Morgan fingerprint density at radius 3 is 2.46 bits per heavy atom. The zero-order chi connectivity index (χ0) is 21.1. The van der Waals surface area contributed by atoms with E-state index >= 15 is 0 Å². The molecular weight excluding hydrogens is 445 g/mol. The Hall–Kier alpha value is -1.78. The van der Waals surface area contributed by atoms with Crippen LogP contribution >= 0.6 is 35.0 Å². The molecule has 0 saturated heterocycles. The normalized spacial score (nSPS) is 11.2. The SMILES string of the molecule is Cc1c(Cl)cccc1N(C)C(=O)SCC(=O)Nc1ccc(S(N)(=O)=O)cc1Cl. The van der Waals surface area contributed by atoms with E-state index in [1.165, 1.54) is 17.0 Å². The zero-order valence-electron chi connectivity index (χ0n) is 14.9. The van der Waals surface area contributed by atoms with Gasteiger partial charge in [0.2, 0.25) is 15.9 Å². The van der Waals surface area contributed by atoms with Crippen LogP contribution in [-0.4, -0.2) is 32.4 Å². The zero-order valence-corrected chi connectivity index (χ0v) is 18.0. The van der Waals surface area contributed by atoms with Gasteiger partial charge in [0.05, 0.1) is 21.4 Å². The Kier molecular flexibility index (Phi) is 7.35. The highest BCUT2D eigenvalue weighted by atomic mass is 35.5. The van der Waals surface area contributed by atoms with E-state index in [9.17, 15) is 18.0 Å². The molecule has 150 valence electrons. The van der Waals surface area contributed by atoms with Gasteiger partial charge in [-0.1, -0.05) is 41.0 Å². The van der Waals surface area contributed by atoms with Gasteiger partial charge in [0, 0.05) is 17.8 Å². The Balaban J connectivity index is 1.99. The van der Waals surface area contributed by atoms with Gasteiger partial charge in [-0.05, 0) is 42.8 Å². The lowest BCUT2D eigenvalue weighted by Gasteiger charge is -2.19. The standard InChI is InChI=1S/C17H17Cl2N3O4S2/c1-10-12(18)4-3-5-15(10)22(2)17(24)27-9-16(23)21-14-7-6-11(8-13(14)19)28(20,25)26/h3-8H,9H2,1-2H3,(H,21,23)(H2,20,25,26). The number of sulfonamides is 1. The molecule has 2 aromatic carbocycles. The van der Waals surface area contributed by atoms with Crippen molar-refractivity contribution in [3.8, 4) is 0 Å². The molecule has 0 radical (unpaired) electrons. The molecule has 2 rings (SSSR count). The third-order valence-electron chi connectivity index (χ3n) is 3.74. The van der Waals surface area contributed by atoms with Crippen molar-refractivity contribution in [3.05, 3.63) is 52.0 Å². The van der Waals surface area contributed by atoms with Gasteiger partial charge in [-0.15, -0.1) is 0 Å². The van der Waals surface area contributed by atoms with Crippen molar-refractivity contribution in [2.24, 2.45) is 5.14 Å². The Bertz CT molecular complexity index is 1030. The summed E-state index contributed by atoms with van der Waals surface area (Å²) in [6.07, 6.45) is 0. The van der Waals surface area contributed by atoms with Crippen molar-refractivity contribution >= 4 is 67.5 Å². The number of nitrogens with zero attached hydrogens (tertiary/aromatic N) is 1. The highest BCUT2D eigenvalue weighted by molar-refractivity contribution is 8.14. The number of nitrogens with one attached hydrogen (secondary N) is 1. The predicted octanol–water partition coefficient (Wildman–Crippen LogP) is 3.88. The minimum atomic E-state index is -3.90. The molecule has 0 aromatic heterocycles. The van der Waals surface area contributed by atoms with E-state index in [2.05, 4.69) is 5.32 Å². The van der Waals surface area contributed by atoms with Crippen LogP contribution in [0.5, 0.6) is 0 Å². The molecule has 7 nitrogen and oxygen atoms in total. The van der Waals surface area contributed by atoms with Crippen molar-refractivity contribution in [2.45, 2.75) is 11.8 Å². The van der Waals surface area contributed by atoms with Crippen LogP contribution in [0.15, 0.2) is 41.3 Å². The van der Waals surface area contributed by atoms with Crippen molar-refractivity contribution in [2.75, 3.05) is 23.0 Å². The molecule has 0 atom stereocenters. The van der Waals surface area contributed by atoms with Crippen molar-refractivity contribution in [1.82, 2.24) is 0 Å². The monoisotopic (exact) mass is 461 g/mol. The lowest BCUT2D eigenvalue weighted by molar-refractivity contribution is -0.113. The Labute approximate surface area is 177 Å². The molecule has 0 aliphatic carbocycles. The summed E-state index contributed by atoms with van der Waals surface area (Å²) >= 11 is 12.9. The molecule has 0 bridgehead atoms. The molecule has 0 aliphatic heterocycles. The summed E-state index contributed by atoms with van der Waals surface area (Å²) in [4.78, 5) is 25.7. The number of rotatable bonds is 5. The van der Waals surface area contributed by atoms with Crippen LogP contribution in [0.4, 0.5) is 16.2 Å². The maximum atomic E-state index is 12.3. The number of hydrogen-bond donors (Lipinski definition) is 2. The van der Waals surface area contributed by atoms with E-state index in [1.807, 2.05) is 0 Å². The molecule has 3 N–H and O–H groups in total. The number of benzene rings is 2. The number of anilines is 2. The van der Waals surface area contributed by atoms with E-state index in [1.54, 1.807) is 32.2 Å². The van der Waals surface area contributed by atoms with Gasteiger partial charge < -0.3 is 10.2 Å². The minimum absolute atomic E-state index is 0.0165. The molecule has 0 fully saturated rings. The fourth-order valence-electron chi connectivity index (χ4n) is 2.24. The number of primary sulfonamides is 1. The summed E-state index contributed by atoms with van der Waals surface area (Å²) < 4.78 is 22.6. The summed E-state index contributed by atoms with van der Waals surface area (Å²) in [6.45, 7) is 1.80. The van der Waals surface area contributed by atoms with Crippen LogP contribution in [0.3, 0.4) is 0 Å². The lowest BCUT2D eigenvalue weighted by atomic mass is 10.2. The highest BCUT2D eigenvalue weighted by Gasteiger charge is 2.17. The quantitative estimate of drug-likeness (QED) is 0.701. The molecule has 0 saturated carbocycles. The fraction of sp³-hybridized carbons (Fsp3) is 0.176. The van der Waals surface area contributed by atoms with Crippen LogP contribution < -0.4 is 15.4 Å². The predicted molar refractivity (Wildman–Crippen MR) is 114 cm³/mol. The number of carbonyl (C=O) groups excluding carboxylic acids is 2. The maximum absolute atomic E-state index is 12.3. The largest absolute Gasteiger partial charge is 0.324 e. The van der Waals surface area contributed by atoms with Gasteiger partial charge in [0.1, 0.15) is 0 Å². The second kappa shape index (κ2) is 9.15. The summed E-state index contributed by atoms with van der Waals surface area (Å²) in [5.74, 6) is -0.629. The van der Waals surface area contributed by atoms with E-state index in [-0.39, 0.29) is 26.6 Å². The van der Waals surface area contributed by atoms with Crippen LogP contribution in [0.2, 0.25) is 10.0 Å². The molecule has 2 aromatic rings. The van der Waals surface area contributed by atoms with E-state index < -0.39 is 15.9 Å². The summed E-state index contributed by atoms with van der Waals surface area (Å²) in [5, 5.41) is 7.77. The third kappa shape index (κ3) is 5.62. The number of halogens is 2. The van der Waals surface area contributed by atoms with Crippen LogP contribution in [0.25, 0.3) is 0 Å². The minimum Gasteiger partial charge on any atom is -0.324 e. The highest BCUT2D eigenvalue weighted by Crippen LogP contribution is 2.28.